The first-order valence-electron chi connectivity index (χ1n) is 8.50. The molecule has 0 radical (unpaired) electrons. The Kier molecular flexibility index (Phi) is 6.17. The number of esters is 2. The Morgan fingerprint density at radius 1 is 1.07 bits per heavy atom. The molecule has 156 valence electrons. The van der Waals surface area contributed by atoms with Gasteiger partial charge in [0.15, 0.2) is 12.4 Å². The van der Waals surface area contributed by atoms with Crippen molar-refractivity contribution in [2.45, 2.75) is 11.5 Å². The number of carbonyl (C=O) groups is 2. The monoisotopic (exact) mass is 433 g/mol. The van der Waals surface area contributed by atoms with Gasteiger partial charge in [0.2, 0.25) is 0 Å². The number of ether oxygens (including phenoxy) is 2. The van der Waals surface area contributed by atoms with E-state index in [-0.39, 0.29) is 34.1 Å². The van der Waals surface area contributed by atoms with E-state index in [9.17, 15) is 22.4 Å². The number of sulfonamides is 1. The fraction of sp³-hybridized carbons (Fsp3) is 0.100. The number of halogens is 1. The maximum atomic E-state index is 13.0. The lowest BCUT2D eigenvalue weighted by atomic mass is 10.2. The van der Waals surface area contributed by atoms with Crippen LogP contribution in [0, 0.1) is 5.82 Å². The molecule has 0 saturated carbocycles. The van der Waals surface area contributed by atoms with Crippen LogP contribution in [0.1, 0.15) is 26.5 Å². The molecule has 1 aromatic heterocycles. The minimum Gasteiger partial charge on any atom is -0.465 e. The van der Waals surface area contributed by atoms with Crippen LogP contribution in [0.4, 0.5) is 10.1 Å². The van der Waals surface area contributed by atoms with Gasteiger partial charge in [0.25, 0.3) is 10.0 Å². The van der Waals surface area contributed by atoms with Gasteiger partial charge in [-0.25, -0.2) is 22.4 Å². The van der Waals surface area contributed by atoms with Gasteiger partial charge in [0.05, 0.1) is 23.8 Å². The molecule has 0 atom stereocenters. The van der Waals surface area contributed by atoms with E-state index in [2.05, 4.69) is 9.46 Å². The summed E-state index contributed by atoms with van der Waals surface area (Å²) in [5.41, 5.74) is 0.255. The van der Waals surface area contributed by atoms with E-state index >= 15 is 0 Å². The number of hydrogen-bond donors (Lipinski definition) is 1. The number of nitrogens with one attached hydrogen (secondary N) is 1. The molecule has 2 aromatic carbocycles. The summed E-state index contributed by atoms with van der Waals surface area (Å²) in [5, 5.41) is 0. The smallest absolute Gasteiger partial charge is 0.341 e. The molecular formula is C20H16FNO7S. The van der Waals surface area contributed by atoms with Crippen molar-refractivity contribution in [3.63, 3.8) is 0 Å². The van der Waals surface area contributed by atoms with Crippen molar-refractivity contribution < 1.29 is 36.3 Å². The quantitative estimate of drug-likeness (QED) is 0.569. The average molecular weight is 433 g/mol. The van der Waals surface area contributed by atoms with Gasteiger partial charge in [-0.05, 0) is 48.5 Å². The Balaban J connectivity index is 1.73. The molecule has 0 aliphatic carbocycles. The zero-order chi connectivity index (χ0) is 21.7. The van der Waals surface area contributed by atoms with Crippen LogP contribution in [0.5, 0.6) is 0 Å². The Morgan fingerprint density at radius 3 is 2.50 bits per heavy atom. The second kappa shape index (κ2) is 8.78. The predicted molar refractivity (Wildman–Crippen MR) is 103 cm³/mol. The van der Waals surface area contributed by atoms with E-state index in [0.717, 1.165) is 18.2 Å². The molecule has 30 heavy (non-hydrogen) atoms. The fourth-order valence-electron chi connectivity index (χ4n) is 2.48. The summed E-state index contributed by atoms with van der Waals surface area (Å²) in [6.07, 6.45) is 1.25. The van der Waals surface area contributed by atoms with Crippen LogP contribution in [0.25, 0.3) is 0 Å². The molecule has 0 amide bonds. The molecule has 0 aliphatic rings. The third-order valence-electron chi connectivity index (χ3n) is 3.96. The van der Waals surface area contributed by atoms with Crippen molar-refractivity contribution in [1.29, 1.82) is 0 Å². The van der Waals surface area contributed by atoms with E-state index in [0.29, 0.717) is 0 Å². The normalized spacial score (nSPS) is 11.0. The molecule has 0 saturated heterocycles. The van der Waals surface area contributed by atoms with Crippen molar-refractivity contribution in [2.24, 2.45) is 0 Å². The Hall–Kier alpha value is -3.66. The minimum atomic E-state index is -4.02. The predicted octanol–water partition coefficient (Wildman–Crippen LogP) is 3.36. The second-order valence-electron chi connectivity index (χ2n) is 5.97. The lowest BCUT2D eigenvalue weighted by molar-refractivity contribution is 0.0432. The van der Waals surface area contributed by atoms with Crippen LogP contribution in [-0.2, 0) is 26.1 Å². The molecular weight excluding hydrogens is 417 g/mol. The van der Waals surface area contributed by atoms with Crippen molar-refractivity contribution >= 4 is 27.6 Å². The topological polar surface area (TPSA) is 112 Å². The number of benzene rings is 2. The van der Waals surface area contributed by atoms with Gasteiger partial charge >= 0.3 is 11.9 Å². The van der Waals surface area contributed by atoms with Gasteiger partial charge in [0.1, 0.15) is 11.4 Å². The number of furan rings is 1. The molecule has 8 nitrogen and oxygen atoms in total. The van der Waals surface area contributed by atoms with Crippen molar-refractivity contribution in [3.05, 3.63) is 83.6 Å². The molecule has 0 aliphatic heterocycles. The van der Waals surface area contributed by atoms with Gasteiger partial charge in [-0.2, -0.15) is 0 Å². The molecule has 0 unspecified atom stereocenters. The molecule has 0 fully saturated rings. The highest BCUT2D eigenvalue weighted by Crippen LogP contribution is 2.19. The molecule has 3 aromatic rings. The first-order chi connectivity index (χ1) is 14.3. The zero-order valence-electron chi connectivity index (χ0n) is 15.6. The summed E-state index contributed by atoms with van der Waals surface area (Å²) >= 11 is 0. The summed E-state index contributed by atoms with van der Waals surface area (Å²) in [6.45, 7) is -0.346. The Morgan fingerprint density at radius 2 is 1.80 bits per heavy atom. The minimum absolute atomic E-state index is 0.0249. The summed E-state index contributed by atoms with van der Waals surface area (Å²) in [6, 6.07) is 11.3. The van der Waals surface area contributed by atoms with E-state index in [1.807, 2.05) is 0 Å². The highest BCUT2D eigenvalue weighted by molar-refractivity contribution is 7.92. The Labute approximate surface area is 171 Å². The van der Waals surface area contributed by atoms with Gasteiger partial charge in [-0.3, -0.25) is 4.72 Å². The van der Waals surface area contributed by atoms with Crippen LogP contribution in [0.2, 0.25) is 0 Å². The number of rotatable bonds is 7. The third-order valence-corrected chi connectivity index (χ3v) is 5.34. The van der Waals surface area contributed by atoms with Gasteiger partial charge in [-0.15, -0.1) is 0 Å². The standard InChI is InChI=1S/C20H16FNO7S/c1-27-20(24)17-9-10-28-18(17)12-29-19(23)13-3-2-4-16(11-13)30(25,26)22-15-7-5-14(21)6-8-15/h2-11,22H,12H2,1H3. The molecule has 0 spiro atoms. The molecule has 0 bridgehead atoms. The maximum absolute atomic E-state index is 13.0. The van der Waals surface area contributed by atoms with Crippen molar-refractivity contribution in [2.75, 3.05) is 11.8 Å². The van der Waals surface area contributed by atoms with Crippen molar-refractivity contribution in [3.8, 4) is 0 Å². The lowest BCUT2D eigenvalue weighted by Crippen LogP contribution is -2.14. The zero-order valence-corrected chi connectivity index (χ0v) is 16.4. The number of carbonyl (C=O) groups excluding carboxylic acids is 2. The van der Waals surface area contributed by atoms with Gasteiger partial charge in [0, 0.05) is 5.69 Å². The summed E-state index contributed by atoms with van der Waals surface area (Å²) in [5.74, 6) is -1.87. The fourth-order valence-corrected chi connectivity index (χ4v) is 3.58. The van der Waals surface area contributed by atoms with Crippen LogP contribution in [0.15, 0.2) is 70.2 Å². The van der Waals surface area contributed by atoms with E-state index in [1.165, 1.54) is 49.8 Å². The van der Waals surface area contributed by atoms with Crippen LogP contribution in [0.3, 0.4) is 0 Å². The number of hydrogen-bond acceptors (Lipinski definition) is 7. The lowest BCUT2D eigenvalue weighted by Gasteiger charge is -2.09. The molecule has 1 N–H and O–H groups in total. The molecule has 10 heteroatoms. The van der Waals surface area contributed by atoms with Crippen LogP contribution >= 0.6 is 0 Å². The second-order valence-corrected chi connectivity index (χ2v) is 7.65. The molecule has 3 rings (SSSR count). The van der Waals surface area contributed by atoms with Crippen LogP contribution < -0.4 is 4.72 Å². The van der Waals surface area contributed by atoms with E-state index in [4.69, 9.17) is 9.15 Å². The number of anilines is 1. The maximum Gasteiger partial charge on any atom is 0.341 e. The highest BCUT2D eigenvalue weighted by Gasteiger charge is 2.19. The summed E-state index contributed by atoms with van der Waals surface area (Å²) in [7, 11) is -2.82. The summed E-state index contributed by atoms with van der Waals surface area (Å²) < 4.78 is 55.2. The first-order valence-corrected chi connectivity index (χ1v) is 9.99. The van der Waals surface area contributed by atoms with Crippen LogP contribution in [-0.4, -0.2) is 27.5 Å². The largest absolute Gasteiger partial charge is 0.465 e. The SMILES string of the molecule is COC(=O)c1ccoc1COC(=O)c1cccc(S(=O)(=O)Nc2ccc(F)cc2)c1. The Bertz CT molecular complexity index is 1170. The van der Waals surface area contributed by atoms with E-state index in [1.54, 1.807) is 0 Å². The molecule has 1 heterocycles. The van der Waals surface area contributed by atoms with Gasteiger partial charge < -0.3 is 13.9 Å². The van der Waals surface area contributed by atoms with Crippen molar-refractivity contribution in [1.82, 2.24) is 0 Å². The van der Waals surface area contributed by atoms with E-state index < -0.39 is 27.8 Å². The van der Waals surface area contributed by atoms with Gasteiger partial charge in [-0.1, -0.05) is 6.07 Å². The summed E-state index contributed by atoms with van der Waals surface area (Å²) in [4.78, 5) is 23.8. The third kappa shape index (κ3) is 4.84. The number of methoxy groups -OCH3 is 1. The average Bonchev–Trinajstić information content (AvgIpc) is 3.21. The first kappa shape index (κ1) is 21.1. The highest BCUT2D eigenvalue weighted by atomic mass is 32.2.